The molecule has 1 saturated carbocycles. The van der Waals surface area contributed by atoms with E-state index < -0.39 is 5.41 Å². The van der Waals surface area contributed by atoms with Crippen LogP contribution in [0.2, 0.25) is 0 Å². The maximum Gasteiger partial charge on any atom is 0.253 e. The lowest BCUT2D eigenvalue weighted by Gasteiger charge is -2.53. The summed E-state index contributed by atoms with van der Waals surface area (Å²) in [5, 5.41) is 0. The van der Waals surface area contributed by atoms with E-state index in [1.165, 1.54) is 113 Å². The third-order valence-electron chi connectivity index (χ3n) is 19.5. The molecular weight excluding hydrogens is 982 g/mol. The fraction of sp³-hybridized carbons (Fsp3) is 0.147. The molecule has 0 amide bonds. The zero-order valence-electron chi connectivity index (χ0n) is 46.2. The Kier molecular flexibility index (Phi) is 10.5. The standard InChI is InChI=1S/C75H60BN5/c1-49-34-37-63(56(44-49)61-30-14-18-42-77-61)79-66-32-20-28-58-70(66)76-71-59(75(58,53-24-10-6-11-25-53)54-26-12-7-13-27-54)29-21-33-67(71)80(64-38-35-50(2)45-57(64)62-31-15-19-43-78-62)69-48-55(47-68(79)72(69)76)81-65-39-36-52(51-22-8-5-9-23-51)46-60(65)73(3)40-16-17-41-74(73,81)4/h5-15,18-39,42-48H,16-17,40-41H2,1-4H3. The molecule has 9 aromatic carbocycles. The third-order valence-corrected chi connectivity index (χ3v) is 19.5. The minimum atomic E-state index is -0.686. The lowest BCUT2D eigenvalue weighted by atomic mass is 9.28. The summed E-state index contributed by atoms with van der Waals surface area (Å²) in [6.07, 6.45) is 8.43. The van der Waals surface area contributed by atoms with Gasteiger partial charge < -0.3 is 14.7 Å². The molecule has 0 saturated heterocycles. The van der Waals surface area contributed by atoms with Gasteiger partial charge in [-0.25, -0.2) is 0 Å². The highest BCUT2D eigenvalue weighted by atomic mass is 15.3. The number of hydrogen-bond acceptors (Lipinski definition) is 5. The number of rotatable bonds is 8. The Labute approximate surface area is 476 Å². The van der Waals surface area contributed by atoms with E-state index in [-0.39, 0.29) is 17.7 Å². The van der Waals surface area contributed by atoms with Crippen molar-refractivity contribution in [2.75, 3.05) is 14.7 Å². The fourth-order valence-electron chi connectivity index (χ4n) is 15.8. The molecule has 0 N–H and O–H groups in total. The Morgan fingerprint density at radius 2 is 0.901 bits per heavy atom. The van der Waals surface area contributed by atoms with Crippen molar-refractivity contribution in [3.05, 3.63) is 282 Å². The molecule has 11 aromatic rings. The van der Waals surface area contributed by atoms with E-state index in [1.54, 1.807) is 0 Å². The van der Waals surface area contributed by atoms with Crippen molar-refractivity contribution in [3.8, 4) is 33.6 Å². The number of hydrogen-bond donors (Lipinski definition) is 0. The van der Waals surface area contributed by atoms with Crippen LogP contribution < -0.4 is 31.1 Å². The van der Waals surface area contributed by atoms with Crippen LogP contribution in [-0.2, 0) is 10.8 Å². The maximum atomic E-state index is 5.12. The molecule has 5 aliphatic rings. The van der Waals surface area contributed by atoms with Crippen molar-refractivity contribution in [2.24, 2.45) is 0 Å². The van der Waals surface area contributed by atoms with Crippen LogP contribution in [0.5, 0.6) is 0 Å². The molecule has 2 aromatic heterocycles. The van der Waals surface area contributed by atoms with Gasteiger partial charge in [0, 0.05) is 63.1 Å². The molecule has 2 unspecified atom stereocenters. The van der Waals surface area contributed by atoms with Gasteiger partial charge >= 0.3 is 0 Å². The summed E-state index contributed by atoms with van der Waals surface area (Å²) in [6, 6.07) is 87.1. The number of pyridine rings is 2. The summed E-state index contributed by atoms with van der Waals surface area (Å²) in [4.78, 5) is 18.3. The van der Waals surface area contributed by atoms with Gasteiger partial charge in [0.2, 0.25) is 0 Å². The molecule has 4 aliphatic heterocycles. The number of benzene rings is 9. The maximum absolute atomic E-state index is 5.12. The van der Waals surface area contributed by atoms with E-state index in [9.17, 15) is 0 Å². The molecule has 6 heterocycles. The molecule has 388 valence electrons. The first-order chi connectivity index (χ1) is 39.8. The predicted octanol–water partition coefficient (Wildman–Crippen LogP) is 16.6. The second kappa shape index (κ2) is 17.9. The number of aryl methyl sites for hydroxylation is 2. The van der Waals surface area contributed by atoms with Crippen molar-refractivity contribution in [1.29, 1.82) is 0 Å². The molecule has 0 spiro atoms. The first-order valence-electron chi connectivity index (χ1n) is 29.0. The molecule has 1 fully saturated rings. The predicted molar refractivity (Wildman–Crippen MR) is 337 cm³/mol. The Morgan fingerprint density at radius 1 is 0.395 bits per heavy atom. The quantitative estimate of drug-likeness (QED) is 0.142. The van der Waals surface area contributed by atoms with E-state index in [0.29, 0.717) is 0 Å². The van der Waals surface area contributed by atoms with Crippen LogP contribution in [0.15, 0.2) is 243 Å². The molecular formula is C75H60BN5. The van der Waals surface area contributed by atoms with Crippen LogP contribution in [-0.4, -0.2) is 22.2 Å². The van der Waals surface area contributed by atoms with Gasteiger partial charge in [-0.3, -0.25) is 9.97 Å². The first-order valence-corrected chi connectivity index (χ1v) is 29.0. The average molecular weight is 1040 g/mol. The third kappa shape index (κ3) is 6.68. The highest BCUT2D eigenvalue weighted by molar-refractivity contribution is 7.01. The summed E-state index contributed by atoms with van der Waals surface area (Å²) in [5.41, 5.74) is 27.8. The van der Waals surface area contributed by atoms with Gasteiger partial charge in [0.25, 0.3) is 6.71 Å². The van der Waals surface area contributed by atoms with Gasteiger partial charge in [-0.05, 0) is 174 Å². The summed E-state index contributed by atoms with van der Waals surface area (Å²) < 4.78 is 0. The topological polar surface area (TPSA) is 35.5 Å². The Hall–Kier alpha value is -9.26. The average Bonchev–Trinajstić information content (AvgIpc) is 1.72. The van der Waals surface area contributed by atoms with Crippen LogP contribution in [0.1, 0.15) is 78.5 Å². The summed E-state index contributed by atoms with van der Waals surface area (Å²) in [7, 11) is 0. The van der Waals surface area contributed by atoms with E-state index in [4.69, 9.17) is 9.97 Å². The molecule has 6 heteroatoms. The minimum absolute atomic E-state index is 0.114. The van der Waals surface area contributed by atoms with Crippen molar-refractivity contribution < 1.29 is 0 Å². The molecule has 0 radical (unpaired) electrons. The van der Waals surface area contributed by atoms with Gasteiger partial charge in [0.05, 0.1) is 33.7 Å². The number of nitrogens with zero attached hydrogens (tertiary/aromatic N) is 5. The summed E-state index contributed by atoms with van der Waals surface area (Å²) in [6.45, 7) is 9.44. The highest BCUT2D eigenvalue weighted by Crippen LogP contribution is 2.63. The Bertz CT molecular complexity index is 4110. The zero-order chi connectivity index (χ0) is 54.2. The van der Waals surface area contributed by atoms with Crippen molar-refractivity contribution >= 4 is 68.6 Å². The lowest BCUT2D eigenvalue weighted by Crippen LogP contribution is -2.68. The van der Waals surface area contributed by atoms with Gasteiger partial charge in [-0.15, -0.1) is 0 Å². The van der Waals surface area contributed by atoms with Crippen LogP contribution in [0.25, 0.3) is 33.6 Å². The van der Waals surface area contributed by atoms with Gasteiger partial charge in [-0.1, -0.05) is 176 Å². The van der Waals surface area contributed by atoms with Gasteiger partial charge in [-0.2, -0.15) is 0 Å². The smallest absolute Gasteiger partial charge is 0.253 e. The number of aromatic nitrogens is 2. The van der Waals surface area contributed by atoms with Crippen LogP contribution in [0, 0.1) is 13.8 Å². The largest absolute Gasteiger partial charge is 0.334 e. The van der Waals surface area contributed by atoms with Gasteiger partial charge in [0.15, 0.2) is 0 Å². The van der Waals surface area contributed by atoms with Crippen molar-refractivity contribution in [3.63, 3.8) is 0 Å². The molecule has 16 rings (SSSR count). The molecule has 5 nitrogen and oxygen atoms in total. The van der Waals surface area contributed by atoms with Crippen LogP contribution >= 0.6 is 0 Å². The van der Waals surface area contributed by atoms with Crippen molar-refractivity contribution in [1.82, 2.24) is 9.97 Å². The van der Waals surface area contributed by atoms with Gasteiger partial charge in [0.1, 0.15) is 0 Å². The van der Waals surface area contributed by atoms with E-state index in [1.807, 2.05) is 24.5 Å². The zero-order valence-corrected chi connectivity index (χ0v) is 46.2. The van der Waals surface area contributed by atoms with Crippen LogP contribution in [0.3, 0.4) is 0 Å². The number of anilines is 8. The molecule has 81 heavy (non-hydrogen) atoms. The molecule has 1 aliphatic carbocycles. The monoisotopic (exact) mass is 1040 g/mol. The SMILES string of the molecule is Cc1ccc(N2c3cc(N4c5ccc(-c6ccccc6)cc5C5(C)CCCCC45C)cc4c3B3c5c2cccc5C(c2ccccc2)(c2ccccc2)c2cccc(c23)N4c2ccc(C)cc2-c2ccccn2)c(-c2ccccn2)c1. The second-order valence-electron chi connectivity index (χ2n) is 23.7. The van der Waals surface area contributed by atoms with Crippen LogP contribution in [0.4, 0.5) is 45.5 Å². The van der Waals surface area contributed by atoms with E-state index in [2.05, 4.69) is 261 Å². The Balaban J connectivity index is 1.08. The van der Waals surface area contributed by atoms with E-state index in [0.717, 1.165) is 46.7 Å². The normalized spacial score (nSPS) is 18.5. The second-order valence-corrected chi connectivity index (χ2v) is 23.7. The minimum Gasteiger partial charge on any atom is -0.334 e. The first kappa shape index (κ1) is 47.7. The number of fused-ring (bicyclic) bond motifs is 3. The van der Waals surface area contributed by atoms with E-state index >= 15 is 0 Å². The highest BCUT2D eigenvalue weighted by Gasteiger charge is 2.59. The Morgan fingerprint density at radius 3 is 1.43 bits per heavy atom. The summed E-state index contributed by atoms with van der Waals surface area (Å²) >= 11 is 0. The summed E-state index contributed by atoms with van der Waals surface area (Å²) in [5.74, 6) is 0. The fourth-order valence-corrected chi connectivity index (χ4v) is 15.8. The molecule has 0 bridgehead atoms. The molecule has 2 atom stereocenters. The lowest BCUT2D eigenvalue weighted by molar-refractivity contribution is 0.195. The van der Waals surface area contributed by atoms with Crippen molar-refractivity contribution in [2.45, 2.75) is 69.7 Å².